The highest BCUT2D eigenvalue weighted by molar-refractivity contribution is 5.94. The topological polar surface area (TPSA) is 77.8 Å². The van der Waals surface area contributed by atoms with Gasteiger partial charge >= 0.3 is 0 Å². The molecule has 1 aliphatic heterocycles. The molecule has 0 saturated carbocycles. The highest BCUT2D eigenvalue weighted by Gasteiger charge is 2.17. The Labute approximate surface area is 146 Å². The molecule has 2 amide bonds. The molecular weight excluding hydrogens is 320 g/mol. The van der Waals surface area contributed by atoms with Crippen LogP contribution in [0.3, 0.4) is 0 Å². The second kappa shape index (κ2) is 8.34. The normalized spacial score (nSPS) is 15.0. The molecule has 2 N–H and O–H groups in total. The summed E-state index contributed by atoms with van der Waals surface area (Å²) >= 11 is 0. The van der Waals surface area contributed by atoms with Crippen molar-refractivity contribution in [1.29, 1.82) is 0 Å². The number of hydrazine groups is 1. The maximum atomic E-state index is 11.9. The van der Waals surface area contributed by atoms with E-state index in [0.29, 0.717) is 18.5 Å². The molecule has 0 aliphatic carbocycles. The Bertz CT molecular complexity index is 680. The molecule has 0 bridgehead atoms. The maximum absolute atomic E-state index is 11.9. The summed E-state index contributed by atoms with van der Waals surface area (Å²) in [6.07, 6.45) is 3.08. The van der Waals surface area contributed by atoms with Crippen LogP contribution in [0.1, 0.15) is 16.8 Å². The predicted octanol–water partition coefficient (Wildman–Crippen LogP) is 1.25. The first-order valence-electron chi connectivity index (χ1n) is 8.36. The Morgan fingerprint density at radius 2 is 1.76 bits per heavy atom. The van der Waals surface area contributed by atoms with Crippen molar-refractivity contribution in [2.75, 3.05) is 37.6 Å². The average Bonchev–Trinajstić information content (AvgIpc) is 3.20. The van der Waals surface area contributed by atoms with Gasteiger partial charge in [0.05, 0.1) is 11.8 Å². The Kier molecular flexibility index (Phi) is 5.69. The van der Waals surface area contributed by atoms with Crippen LogP contribution in [0.15, 0.2) is 53.3 Å². The van der Waals surface area contributed by atoms with Gasteiger partial charge in [-0.3, -0.25) is 25.3 Å². The quantitative estimate of drug-likeness (QED) is 0.800. The number of anilines is 1. The van der Waals surface area contributed by atoms with Crippen molar-refractivity contribution in [3.8, 4) is 0 Å². The Hall–Kier alpha value is -2.80. The van der Waals surface area contributed by atoms with E-state index in [0.717, 1.165) is 26.2 Å². The number of piperazine rings is 1. The lowest BCUT2D eigenvalue weighted by Crippen LogP contribution is -2.48. The molecule has 0 unspecified atom stereocenters. The minimum Gasteiger partial charge on any atom is -0.472 e. The van der Waals surface area contributed by atoms with Crippen LogP contribution in [0.2, 0.25) is 0 Å². The Balaban J connectivity index is 1.34. The van der Waals surface area contributed by atoms with Gasteiger partial charge in [-0.1, -0.05) is 18.2 Å². The van der Waals surface area contributed by atoms with Crippen LogP contribution in [0, 0.1) is 0 Å². The van der Waals surface area contributed by atoms with E-state index in [4.69, 9.17) is 4.42 Å². The van der Waals surface area contributed by atoms with Crippen molar-refractivity contribution in [2.45, 2.75) is 6.42 Å². The molecule has 0 radical (unpaired) electrons. The van der Waals surface area contributed by atoms with Crippen molar-refractivity contribution in [2.24, 2.45) is 0 Å². The number of nitrogens with one attached hydrogen (secondary N) is 2. The van der Waals surface area contributed by atoms with Gasteiger partial charge in [-0.15, -0.1) is 0 Å². The van der Waals surface area contributed by atoms with Crippen LogP contribution in [0.5, 0.6) is 0 Å². The molecule has 0 atom stereocenters. The summed E-state index contributed by atoms with van der Waals surface area (Å²) in [5.74, 6) is -0.596. The zero-order valence-electron chi connectivity index (χ0n) is 14.0. The van der Waals surface area contributed by atoms with Crippen LogP contribution in [0.4, 0.5) is 5.69 Å². The number of carbonyl (C=O) groups is 2. The number of hydrogen-bond donors (Lipinski definition) is 2. The minimum atomic E-state index is -0.390. The fraction of sp³-hybridized carbons (Fsp3) is 0.333. The summed E-state index contributed by atoms with van der Waals surface area (Å²) in [5, 5.41) is 0. The van der Waals surface area contributed by atoms with Gasteiger partial charge in [-0.2, -0.15) is 0 Å². The summed E-state index contributed by atoms with van der Waals surface area (Å²) < 4.78 is 4.83. The largest absolute Gasteiger partial charge is 0.472 e. The van der Waals surface area contributed by atoms with E-state index >= 15 is 0 Å². The van der Waals surface area contributed by atoms with Gasteiger partial charge in [-0.25, -0.2) is 0 Å². The third-order valence-electron chi connectivity index (χ3n) is 4.25. The number of nitrogens with zero attached hydrogens (tertiary/aromatic N) is 2. The number of rotatable bonds is 5. The van der Waals surface area contributed by atoms with Gasteiger partial charge in [0.15, 0.2) is 0 Å². The summed E-state index contributed by atoms with van der Waals surface area (Å²) in [5.41, 5.74) is 6.41. The van der Waals surface area contributed by atoms with Crippen molar-refractivity contribution in [1.82, 2.24) is 15.8 Å². The predicted molar refractivity (Wildman–Crippen MR) is 94.0 cm³/mol. The third-order valence-corrected chi connectivity index (χ3v) is 4.25. The smallest absolute Gasteiger partial charge is 0.272 e. The highest BCUT2D eigenvalue weighted by Crippen LogP contribution is 2.15. The monoisotopic (exact) mass is 342 g/mol. The number of benzene rings is 1. The molecule has 2 aromatic rings. The highest BCUT2D eigenvalue weighted by atomic mass is 16.3. The fourth-order valence-electron chi connectivity index (χ4n) is 2.78. The molecule has 3 rings (SSSR count). The molecule has 1 saturated heterocycles. The fourth-order valence-corrected chi connectivity index (χ4v) is 2.78. The molecule has 1 aromatic heterocycles. The summed E-state index contributed by atoms with van der Waals surface area (Å²) in [6.45, 7) is 4.41. The summed E-state index contributed by atoms with van der Waals surface area (Å²) in [4.78, 5) is 28.2. The van der Waals surface area contributed by atoms with E-state index in [1.54, 1.807) is 0 Å². The van der Waals surface area contributed by atoms with E-state index in [9.17, 15) is 9.59 Å². The molecule has 1 aromatic carbocycles. The van der Waals surface area contributed by atoms with Crippen LogP contribution >= 0.6 is 0 Å². The van der Waals surface area contributed by atoms with Gasteiger partial charge < -0.3 is 9.32 Å². The van der Waals surface area contributed by atoms with Gasteiger partial charge in [-0.05, 0) is 18.2 Å². The number of carbonyl (C=O) groups excluding carboxylic acids is 2. The van der Waals surface area contributed by atoms with Gasteiger partial charge in [0, 0.05) is 44.8 Å². The second-order valence-electron chi connectivity index (χ2n) is 5.93. The Morgan fingerprint density at radius 1 is 1.00 bits per heavy atom. The van der Waals surface area contributed by atoms with Gasteiger partial charge in [0.2, 0.25) is 5.91 Å². The molecule has 25 heavy (non-hydrogen) atoms. The van der Waals surface area contributed by atoms with Crippen molar-refractivity contribution in [3.63, 3.8) is 0 Å². The van der Waals surface area contributed by atoms with Crippen LogP contribution in [0.25, 0.3) is 0 Å². The first kappa shape index (κ1) is 17.0. The van der Waals surface area contributed by atoms with E-state index in [1.807, 2.05) is 18.2 Å². The number of para-hydroxylation sites is 1. The van der Waals surface area contributed by atoms with Crippen LogP contribution in [-0.4, -0.2) is 49.4 Å². The maximum Gasteiger partial charge on any atom is 0.272 e. The van der Waals surface area contributed by atoms with E-state index in [-0.39, 0.29) is 5.91 Å². The molecule has 1 fully saturated rings. The standard InChI is InChI=1S/C18H22N4O3/c23-17(19-20-18(24)15-7-13-25-14-15)6-8-21-9-11-22(12-10-21)16-4-2-1-3-5-16/h1-5,7,13-14H,6,8-12H2,(H,19,23)(H,20,24). The van der Waals surface area contributed by atoms with E-state index in [1.165, 1.54) is 24.3 Å². The molecule has 7 nitrogen and oxygen atoms in total. The van der Waals surface area contributed by atoms with Crippen molar-refractivity contribution >= 4 is 17.5 Å². The average molecular weight is 342 g/mol. The second-order valence-corrected chi connectivity index (χ2v) is 5.93. The van der Waals surface area contributed by atoms with Crippen molar-refractivity contribution in [3.05, 3.63) is 54.5 Å². The SMILES string of the molecule is O=C(CCN1CCN(c2ccccc2)CC1)NNC(=O)c1ccoc1. The Morgan fingerprint density at radius 3 is 2.44 bits per heavy atom. The molecule has 0 spiro atoms. The van der Waals surface area contributed by atoms with Crippen LogP contribution in [-0.2, 0) is 4.79 Å². The minimum absolute atomic E-state index is 0.206. The lowest BCUT2D eigenvalue weighted by molar-refractivity contribution is -0.122. The third kappa shape index (κ3) is 4.84. The lowest BCUT2D eigenvalue weighted by Gasteiger charge is -2.36. The first-order chi connectivity index (χ1) is 12.2. The van der Waals surface area contributed by atoms with Crippen molar-refractivity contribution < 1.29 is 14.0 Å². The zero-order chi connectivity index (χ0) is 17.5. The van der Waals surface area contributed by atoms with E-state index < -0.39 is 5.91 Å². The molecule has 7 heteroatoms. The number of amides is 2. The number of furan rings is 1. The van der Waals surface area contributed by atoms with Gasteiger partial charge in [0.25, 0.3) is 5.91 Å². The summed E-state index contributed by atoms with van der Waals surface area (Å²) in [7, 11) is 0. The molecular formula is C18H22N4O3. The van der Waals surface area contributed by atoms with E-state index in [2.05, 4.69) is 32.8 Å². The number of hydrogen-bond acceptors (Lipinski definition) is 5. The zero-order valence-corrected chi connectivity index (χ0v) is 14.0. The lowest BCUT2D eigenvalue weighted by atomic mass is 10.2. The molecule has 2 heterocycles. The molecule has 132 valence electrons. The first-order valence-corrected chi connectivity index (χ1v) is 8.36. The van der Waals surface area contributed by atoms with Gasteiger partial charge in [0.1, 0.15) is 6.26 Å². The summed E-state index contributed by atoms with van der Waals surface area (Å²) in [6, 6.07) is 11.9. The van der Waals surface area contributed by atoms with Crippen LogP contribution < -0.4 is 15.8 Å². The molecule has 1 aliphatic rings.